The van der Waals surface area contributed by atoms with Gasteiger partial charge in [-0.1, -0.05) is 91.7 Å². The summed E-state index contributed by atoms with van der Waals surface area (Å²) in [7, 11) is -4.41. The molecule has 3 aromatic carbocycles. The van der Waals surface area contributed by atoms with Gasteiger partial charge in [0.05, 0.1) is 24.1 Å². The summed E-state index contributed by atoms with van der Waals surface area (Å²) in [4.78, 5) is 45.5. The molecule has 0 bridgehead atoms. The molecule has 0 spiro atoms. The molecule has 58 heavy (non-hydrogen) atoms. The van der Waals surface area contributed by atoms with Crippen LogP contribution in [0.15, 0.2) is 125 Å². The number of nitrogens with one attached hydrogen (secondary N) is 3. The van der Waals surface area contributed by atoms with Crippen LogP contribution in [0.5, 0.6) is 5.88 Å². The Morgan fingerprint density at radius 2 is 1.50 bits per heavy atom. The Morgan fingerprint density at radius 1 is 0.793 bits per heavy atom. The van der Waals surface area contributed by atoms with Gasteiger partial charge in [0, 0.05) is 36.4 Å². The van der Waals surface area contributed by atoms with Crippen LogP contribution in [0.4, 0.5) is 5.82 Å². The van der Waals surface area contributed by atoms with Crippen LogP contribution in [0.3, 0.4) is 0 Å². The Balaban J connectivity index is 0.952. The summed E-state index contributed by atoms with van der Waals surface area (Å²) in [5.74, 6) is -0.904. The number of hydrogen-bond acceptors (Lipinski definition) is 10. The first-order chi connectivity index (χ1) is 28.1. The van der Waals surface area contributed by atoms with E-state index in [1.807, 2.05) is 72.8 Å². The summed E-state index contributed by atoms with van der Waals surface area (Å²) in [6.45, 7) is 0.796. The molecule has 2 aromatic heterocycles. The number of nitrogens with zero attached hydrogens (tertiary/aromatic N) is 3. The topological polar surface area (TPSA) is 209 Å². The molecule has 14 nitrogen and oxygen atoms in total. The number of hydrazone groups is 1. The number of hydrogen-bond donors (Lipinski definition) is 5. The first kappa shape index (κ1) is 42.7. The van der Waals surface area contributed by atoms with Crippen molar-refractivity contribution in [3.8, 4) is 28.3 Å². The van der Waals surface area contributed by atoms with Gasteiger partial charge in [0.25, 0.3) is 16.0 Å². The van der Waals surface area contributed by atoms with E-state index in [1.54, 1.807) is 12.1 Å². The molecule has 0 aliphatic heterocycles. The lowest BCUT2D eigenvalue weighted by Crippen LogP contribution is -2.40. The van der Waals surface area contributed by atoms with E-state index < -0.39 is 22.1 Å². The van der Waals surface area contributed by atoms with Crippen LogP contribution in [0.2, 0.25) is 0 Å². The Morgan fingerprint density at radius 3 is 2.21 bits per heavy atom. The van der Waals surface area contributed by atoms with E-state index >= 15 is 0 Å². The van der Waals surface area contributed by atoms with Gasteiger partial charge in [-0.05, 0) is 67.5 Å². The number of rotatable bonds is 22. The Kier molecular flexibility index (Phi) is 16.0. The van der Waals surface area contributed by atoms with Gasteiger partial charge in [0.1, 0.15) is 16.8 Å². The maximum absolute atomic E-state index is 12.6. The normalized spacial score (nSPS) is 11.8. The summed E-state index contributed by atoms with van der Waals surface area (Å²) < 4.78 is 38.4. The van der Waals surface area contributed by atoms with Gasteiger partial charge in [-0.15, -0.1) is 0 Å². The maximum Gasteiger partial charge on any atom is 0.326 e. The van der Waals surface area contributed by atoms with E-state index in [2.05, 4.69) is 26.1 Å². The van der Waals surface area contributed by atoms with E-state index in [1.165, 1.54) is 36.7 Å². The number of aromatic nitrogens is 2. The number of carbonyl (C=O) groups excluding carboxylic acids is 2. The summed E-state index contributed by atoms with van der Waals surface area (Å²) in [6, 6.07) is 31.8. The number of benzene rings is 3. The zero-order valence-electron chi connectivity index (χ0n) is 31.8. The molecule has 302 valence electrons. The van der Waals surface area contributed by atoms with Crippen molar-refractivity contribution < 1.29 is 37.2 Å². The predicted molar refractivity (Wildman–Crippen MR) is 221 cm³/mol. The van der Waals surface area contributed by atoms with Crippen molar-refractivity contribution >= 4 is 39.9 Å². The van der Waals surface area contributed by atoms with Crippen LogP contribution in [-0.4, -0.2) is 71.2 Å². The number of anilines is 1. The van der Waals surface area contributed by atoms with Gasteiger partial charge in [-0.3, -0.25) is 19.6 Å². The largest absolute Gasteiger partial charge is 0.480 e. The van der Waals surface area contributed by atoms with E-state index in [-0.39, 0.29) is 35.1 Å². The molecule has 2 amide bonds. The fraction of sp³-hybridized carbons (Fsp3) is 0.256. The summed E-state index contributed by atoms with van der Waals surface area (Å²) in [5, 5.41) is 19.1. The zero-order valence-corrected chi connectivity index (χ0v) is 32.6. The molecule has 0 saturated carbocycles. The van der Waals surface area contributed by atoms with E-state index in [9.17, 15) is 32.5 Å². The number of carboxylic acid groups (broad SMARTS) is 1. The molecule has 5 rings (SSSR count). The molecule has 0 saturated heterocycles. The van der Waals surface area contributed by atoms with Crippen molar-refractivity contribution in [1.29, 1.82) is 0 Å². The molecule has 15 heteroatoms. The highest BCUT2D eigenvalue weighted by Crippen LogP contribution is 2.29. The molecule has 0 fully saturated rings. The van der Waals surface area contributed by atoms with Gasteiger partial charge in [0.15, 0.2) is 0 Å². The van der Waals surface area contributed by atoms with Gasteiger partial charge >= 0.3 is 5.97 Å². The van der Waals surface area contributed by atoms with Crippen molar-refractivity contribution in [1.82, 2.24) is 20.6 Å². The predicted octanol–water partition coefficient (Wildman–Crippen LogP) is 7.00. The molecule has 5 aromatic rings. The molecule has 5 N–H and O–H groups in total. The number of carboxylic acids is 1. The standard InChI is InChI=1S/C43H46N6O8S/c50-40(22-10-4-14-26-57-41-28-35(31-15-5-1-6-16-31)27-37(48-41)32-17-7-2-8-18-32)47-36(43(52)53)20-9-3-13-25-44-42(51)34-23-24-39(45-29-34)49-46-30-33-19-11-12-21-38(33)58(54,55)56/h1-2,5-8,11-12,15-19,21,23-24,27-30,36H,3-4,9-10,13-14,20,22,25-26H2,(H,44,51)(H,45,49)(H,47,50)(H,52,53)(H,54,55,56)/b46-30+. The Labute approximate surface area is 337 Å². The Bertz CT molecular complexity index is 2200. The van der Waals surface area contributed by atoms with Crippen molar-refractivity contribution in [2.75, 3.05) is 18.6 Å². The van der Waals surface area contributed by atoms with Gasteiger partial charge < -0.3 is 20.5 Å². The van der Waals surface area contributed by atoms with Crippen LogP contribution in [0.25, 0.3) is 22.4 Å². The minimum absolute atomic E-state index is 0.180. The highest BCUT2D eigenvalue weighted by atomic mass is 32.2. The molecule has 0 aliphatic carbocycles. The average Bonchev–Trinajstić information content (AvgIpc) is 3.23. The van der Waals surface area contributed by atoms with Crippen LogP contribution in [0.1, 0.15) is 67.3 Å². The van der Waals surface area contributed by atoms with E-state index in [0.717, 1.165) is 28.8 Å². The monoisotopic (exact) mass is 806 g/mol. The minimum Gasteiger partial charge on any atom is -0.480 e. The SMILES string of the molecule is O=C(CCCCCOc1cc(-c2ccccc2)cc(-c2ccccc2)n1)NC(CCCCCNC(=O)c1ccc(N/N=C/c2ccccc2S(=O)(=O)O)nc1)C(=O)O. The summed E-state index contributed by atoms with van der Waals surface area (Å²) in [6.07, 6.45) is 6.89. The first-order valence-corrected chi connectivity index (χ1v) is 20.4. The van der Waals surface area contributed by atoms with Crippen LogP contribution >= 0.6 is 0 Å². The highest BCUT2D eigenvalue weighted by molar-refractivity contribution is 7.86. The smallest absolute Gasteiger partial charge is 0.326 e. The number of unbranched alkanes of at least 4 members (excludes halogenated alkanes) is 4. The quantitative estimate of drug-likeness (QED) is 0.0208. The third-order valence-electron chi connectivity index (χ3n) is 8.97. The molecule has 0 aliphatic rings. The zero-order chi connectivity index (χ0) is 41.2. The molecule has 1 atom stereocenters. The third kappa shape index (κ3) is 13.6. The molecule has 2 heterocycles. The average molecular weight is 807 g/mol. The van der Waals surface area contributed by atoms with E-state index in [0.29, 0.717) is 62.5 Å². The van der Waals surface area contributed by atoms with Crippen molar-refractivity contribution in [3.63, 3.8) is 0 Å². The highest BCUT2D eigenvalue weighted by Gasteiger charge is 2.19. The molecular formula is C43H46N6O8S. The Hall–Kier alpha value is -6.45. The fourth-order valence-corrected chi connectivity index (χ4v) is 6.61. The van der Waals surface area contributed by atoms with Crippen LogP contribution in [0, 0.1) is 0 Å². The molecule has 1 unspecified atom stereocenters. The maximum atomic E-state index is 12.6. The van der Waals surface area contributed by atoms with E-state index in [4.69, 9.17) is 9.72 Å². The number of aliphatic carboxylic acids is 1. The first-order valence-electron chi connectivity index (χ1n) is 18.9. The summed E-state index contributed by atoms with van der Waals surface area (Å²) in [5.41, 5.74) is 7.01. The fourth-order valence-electron chi connectivity index (χ4n) is 5.94. The van der Waals surface area contributed by atoms with Crippen LogP contribution < -0.4 is 20.8 Å². The van der Waals surface area contributed by atoms with Crippen LogP contribution in [-0.2, 0) is 19.7 Å². The molecule has 0 radical (unpaired) electrons. The summed E-state index contributed by atoms with van der Waals surface area (Å²) >= 11 is 0. The lowest BCUT2D eigenvalue weighted by Gasteiger charge is -2.14. The van der Waals surface area contributed by atoms with Crippen molar-refractivity contribution in [2.45, 2.75) is 62.3 Å². The molecular weight excluding hydrogens is 761 g/mol. The number of amides is 2. The van der Waals surface area contributed by atoms with Crippen molar-refractivity contribution in [2.24, 2.45) is 5.10 Å². The second-order valence-electron chi connectivity index (χ2n) is 13.3. The van der Waals surface area contributed by atoms with Gasteiger partial charge in [-0.25, -0.2) is 14.8 Å². The number of carbonyl (C=O) groups is 3. The lowest BCUT2D eigenvalue weighted by molar-refractivity contribution is -0.142. The number of ether oxygens (including phenoxy) is 1. The second kappa shape index (κ2) is 21.7. The second-order valence-corrected chi connectivity index (χ2v) is 14.7. The van der Waals surface area contributed by atoms with Crippen molar-refractivity contribution in [3.05, 3.63) is 127 Å². The minimum atomic E-state index is -4.41. The lowest BCUT2D eigenvalue weighted by atomic mass is 10.0. The van der Waals surface area contributed by atoms with Gasteiger partial charge in [-0.2, -0.15) is 13.5 Å². The third-order valence-corrected chi connectivity index (χ3v) is 9.90. The van der Waals surface area contributed by atoms with Gasteiger partial charge in [0.2, 0.25) is 11.8 Å². The number of pyridine rings is 2.